The molecule has 1 fully saturated rings. The van der Waals surface area contributed by atoms with E-state index in [9.17, 15) is 4.79 Å². The first kappa shape index (κ1) is 14.4. The molecule has 3 heterocycles. The van der Waals surface area contributed by atoms with E-state index in [1.165, 1.54) is 0 Å². The largest absolute Gasteiger partial charge is 0.341 e. The van der Waals surface area contributed by atoms with Gasteiger partial charge >= 0.3 is 0 Å². The van der Waals surface area contributed by atoms with Gasteiger partial charge in [0.2, 0.25) is 11.9 Å². The highest BCUT2D eigenvalue weighted by Crippen LogP contribution is 2.11. The standard InChI is InChI=1S/C16H19N5O/c22-15(13-14-3-7-17-8-4-14)20-9-2-10-21(12-11-20)16-18-5-1-6-19-16/h1,3-8H,2,9-13H2. The Morgan fingerprint density at radius 2 is 1.77 bits per heavy atom. The van der Waals surface area contributed by atoms with Crippen LogP contribution in [0.4, 0.5) is 5.95 Å². The molecule has 2 aromatic rings. The van der Waals surface area contributed by atoms with E-state index in [1.54, 1.807) is 24.8 Å². The zero-order valence-corrected chi connectivity index (χ0v) is 12.4. The maximum atomic E-state index is 12.4. The normalized spacial score (nSPS) is 15.5. The Balaban J connectivity index is 1.59. The summed E-state index contributed by atoms with van der Waals surface area (Å²) < 4.78 is 0. The molecule has 0 unspecified atom stereocenters. The van der Waals surface area contributed by atoms with Crippen molar-refractivity contribution in [2.24, 2.45) is 0 Å². The van der Waals surface area contributed by atoms with E-state index < -0.39 is 0 Å². The molecule has 0 N–H and O–H groups in total. The Kier molecular flexibility index (Phi) is 4.58. The predicted octanol–water partition coefficient (Wildman–Crippen LogP) is 1.15. The molecule has 6 nitrogen and oxygen atoms in total. The van der Waals surface area contributed by atoms with E-state index in [0.717, 1.165) is 37.6 Å². The van der Waals surface area contributed by atoms with Crippen LogP contribution in [0, 0.1) is 0 Å². The van der Waals surface area contributed by atoms with Gasteiger partial charge in [-0.2, -0.15) is 0 Å². The van der Waals surface area contributed by atoms with Crippen LogP contribution in [0.5, 0.6) is 0 Å². The van der Waals surface area contributed by atoms with E-state index in [1.807, 2.05) is 23.1 Å². The third-order valence-corrected chi connectivity index (χ3v) is 3.79. The highest BCUT2D eigenvalue weighted by Gasteiger charge is 2.20. The second kappa shape index (κ2) is 6.98. The fourth-order valence-electron chi connectivity index (χ4n) is 2.61. The molecule has 0 aliphatic carbocycles. The van der Waals surface area contributed by atoms with Gasteiger partial charge in [0.1, 0.15) is 0 Å². The summed E-state index contributed by atoms with van der Waals surface area (Å²) in [5.74, 6) is 0.910. The predicted molar refractivity (Wildman–Crippen MR) is 83.4 cm³/mol. The van der Waals surface area contributed by atoms with Crippen LogP contribution >= 0.6 is 0 Å². The first-order chi connectivity index (χ1) is 10.8. The summed E-state index contributed by atoms with van der Waals surface area (Å²) in [5.41, 5.74) is 1.01. The van der Waals surface area contributed by atoms with Gasteiger partial charge in [-0.15, -0.1) is 0 Å². The lowest BCUT2D eigenvalue weighted by atomic mass is 10.2. The van der Waals surface area contributed by atoms with Crippen molar-refractivity contribution in [2.75, 3.05) is 31.1 Å². The topological polar surface area (TPSA) is 62.2 Å². The molecule has 0 spiro atoms. The number of aromatic nitrogens is 3. The number of carbonyl (C=O) groups is 1. The molecule has 1 aliphatic rings. The van der Waals surface area contributed by atoms with Gasteiger partial charge in [-0.25, -0.2) is 9.97 Å². The quantitative estimate of drug-likeness (QED) is 0.850. The first-order valence-electron chi connectivity index (χ1n) is 7.51. The van der Waals surface area contributed by atoms with Crippen molar-refractivity contribution in [3.05, 3.63) is 48.5 Å². The minimum Gasteiger partial charge on any atom is -0.341 e. The third-order valence-electron chi connectivity index (χ3n) is 3.79. The zero-order chi connectivity index (χ0) is 15.2. The van der Waals surface area contributed by atoms with Gasteiger partial charge in [-0.3, -0.25) is 9.78 Å². The Morgan fingerprint density at radius 1 is 1.00 bits per heavy atom. The molecule has 2 aromatic heterocycles. The molecule has 1 amide bonds. The van der Waals surface area contributed by atoms with Crippen molar-refractivity contribution in [3.63, 3.8) is 0 Å². The fourth-order valence-corrected chi connectivity index (χ4v) is 2.61. The van der Waals surface area contributed by atoms with Crippen LogP contribution in [0.15, 0.2) is 43.0 Å². The molecule has 0 aromatic carbocycles. The van der Waals surface area contributed by atoms with E-state index in [0.29, 0.717) is 13.0 Å². The minimum atomic E-state index is 0.169. The summed E-state index contributed by atoms with van der Waals surface area (Å²) in [4.78, 5) is 29.0. The summed E-state index contributed by atoms with van der Waals surface area (Å²) in [7, 11) is 0. The average Bonchev–Trinajstić information content (AvgIpc) is 2.83. The number of nitrogens with zero attached hydrogens (tertiary/aromatic N) is 5. The minimum absolute atomic E-state index is 0.169. The van der Waals surface area contributed by atoms with Crippen LogP contribution in [-0.4, -0.2) is 51.9 Å². The maximum Gasteiger partial charge on any atom is 0.227 e. The van der Waals surface area contributed by atoms with Crippen LogP contribution in [0.1, 0.15) is 12.0 Å². The highest BCUT2D eigenvalue weighted by atomic mass is 16.2. The van der Waals surface area contributed by atoms with E-state index in [4.69, 9.17) is 0 Å². The van der Waals surface area contributed by atoms with Crippen molar-refractivity contribution in [1.82, 2.24) is 19.9 Å². The summed E-state index contributed by atoms with van der Waals surface area (Å²) in [5, 5.41) is 0. The van der Waals surface area contributed by atoms with Crippen LogP contribution in [0.25, 0.3) is 0 Å². The molecule has 3 rings (SSSR count). The van der Waals surface area contributed by atoms with Gasteiger partial charge in [0.15, 0.2) is 0 Å². The molecular formula is C16H19N5O. The molecule has 1 saturated heterocycles. The van der Waals surface area contributed by atoms with E-state index in [-0.39, 0.29) is 5.91 Å². The molecular weight excluding hydrogens is 278 g/mol. The van der Waals surface area contributed by atoms with E-state index in [2.05, 4.69) is 19.9 Å². The average molecular weight is 297 g/mol. The van der Waals surface area contributed by atoms with Gasteiger partial charge in [-0.1, -0.05) is 0 Å². The van der Waals surface area contributed by atoms with Gasteiger partial charge in [0.25, 0.3) is 0 Å². The number of hydrogen-bond acceptors (Lipinski definition) is 5. The highest BCUT2D eigenvalue weighted by molar-refractivity contribution is 5.78. The maximum absolute atomic E-state index is 12.4. The molecule has 1 aliphatic heterocycles. The van der Waals surface area contributed by atoms with Crippen molar-refractivity contribution in [2.45, 2.75) is 12.8 Å². The van der Waals surface area contributed by atoms with Gasteiger partial charge in [0, 0.05) is 51.0 Å². The van der Waals surface area contributed by atoms with Crippen LogP contribution in [0.3, 0.4) is 0 Å². The lowest BCUT2D eigenvalue weighted by Gasteiger charge is -2.22. The number of pyridine rings is 1. The molecule has 6 heteroatoms. The Labute approximate surface area is 129 Å². The van der Waals surface area contributed by atoms with Crippen molar-refractivity contribution in [1.29, 1.82) is 0 Å². The smallest absolute Gasteiger partial charge is 0.227 e. The summed E-state index contributed by atoms with van der Waals surface area (Å²) in [6, 6.07) is 5.59. The summed E-state index contributed by atoms with van der Waals surface area (Å²) in [6.45, 7) is 3.14. The Bertz CT molecular complexity index is 604. The van der Waals surface area contributed by atoms with Crippen molar-refractivity contribution < 1.29 is 4.79 Å². The molecule has 0 radical (unpaired) electrons. The van der Waals surface area contributed by atoms with Gasteiger partial charge in [0.05, 0.1) is 6.42 Å². The summed E-state index contributed by atoms with van der Waals surface area (Å²) >= 11 is 0. The van der Waals surface area contributed by atoms with E-state index >= 15 is 0 Å². The Hall–Kier alpha value is -2.50. The fraction of sp³-hybridized carbons (Fsp3) is 0.375. The zero-order valence-electron chi connectivity index (χ0n) is 12.4. The van der Waals surface area contributed by atoms with Crippen LogP contribution in [0.2, 0.25) is 0 Å². The number of anilines is 1. The van der Waals surface area contributed by atoms with Crippen molar-refractivity contribution >= 4 is 11.9 Å². The van der Waals surface area contributed by atoms with Crippen LogP contribution in [-0.2, 0) is 11.2 Å². The second-order valence-electron chi connectivity index (χ2n) is 5.30. The van der Waals surface area contributed by atoms with Crippen molar-refractivity contribution in [3.8, 4) is 0 Å². The third kappa shape index (κ3) is 3.58. The molecule has 0 saturated carbocycles. The molecule has 0 bridgehead atoms. The summed E-state index contributed by atoms with van der Waals surface area (Å²) in [6.07, 6.45) is 8.31. The second-order valence-corrected chi connectivity index (χ2v) is 5.30. The lowest BCUT2D eigenvalue weighted by Crippen LogP contribution is -2.36. The number of rotatable bonds is 3. The molecule has 114 valence electrons. The van der Waals surface area contributed by atoms with Gasteiger partial charge < -0.3 is 9.80 Å². The Morgan fingerprint density at radius 3 is 2.55 bits per heavy atom. The molecule has 0 atom stereocenters. The number of carbonyl (C=O) groups excluding carboxylic acids is 1. The van der Waals surface area contributed by atoms with Crippen LogP contribution < -0.4 is 4.90 Å². The monoisotopic (exact) mass is 297 g/mol. The number of hydrogen-bond donors (Lipinski definition) is 0. The SMILES string of the molecule is O=C(Cc1ccncc1)N1CCCN(c2ncccn2)CC1. The lowest BCUT2D eigenvalue weighted by molar-refractivity contribution is -0.130. The van der Waals surface area contributed by atoms with Gasteiger partial charge in [-0.05, 0) is 30.2 Å². The first-order valence-corrected chi connectivity index (χ1v) is 7.51. The number of amides is 1. The molecule has 22 heavy (non-hydrogen) atoms.